The third kappa shape index (κ3) is 19.3. The van der Waals surface area contributed by atoms with E-state index in [0.29, 0.717) is 6.61 Å². The summed E-state index contributed by atoms with van der Waals surface area (Å²) in [5.74, 6) is -0.724. The zero-order valence-electron chi connectivity index (χ0n) is 16.3. The molecule has 0 aliphatic rings. The van der Waals surface area contributed by atoms with Gasteiger partial charge in [-0.1, -0.05) is 64.7 Å². The van der Waals surface area contributed by atoms with Crippen LogP contribution >= 0.6 is 0 Å². The molecule has 21 heavy (non-hydrogen) atoms. The largest absolute Gasteiger partial charge is 1.00 e. The van der Waals surface area contributed by atoms with Gasteiger partial charge in [-0.05, 0) is 6.42 Å². The van der Waals surface area contributed by atoms with Gasteiger partial charge in [-0.3, -0.25) is 0 Å². The summed E-state index contributed by atoms with van der Waals surface area (Å²) in [6.45, 7) is 2.00. The van der Waals surface area contributed by atoms with Crippen molar-refractivity contribution in [1.29, 1.82) is 0 Å². The number of rotatable bonds is 13. The van der Waals surface area contributed by atoms with E-state index >= 15 is 0 Å². The third-order valence-corrected chi connectivity index (χ3v) is 3.19. The summed E-state index contributed by atoms with van der Waals surface area (Å²) in [5.41, 5.74) is 0. The summed E-state index contributed by atoms with van der Waals surface area (Å²) in [6, 6.07) is 0. The Morgan fingerprint density at radius 2 is 1.38 bits per heavy atom. The van der Waals surface area contributed by atoms with Crippen LogP contribution in [0.2, 0.25) is 0 Å². The van der Waals surface area contributed by atoms with Crippen LogP contribution in [0.25, 0.3) is 0 Å². The molecule has 2 N–H and O–H groups in total. The van der Waals surface area contributed by atoms with Crippen molar-refractivity contribution >= 4 is 5.97 Å². The second-order valence-electron chi connectivity index (χ2n) is 5.05. The molecular formula is C15H32Na2O4. The number of hydrogen-bond acceptors (Lipinski definition) is 4. The topological polar surface area (TPSA) is 66.8 Å². The maximum atomic E-state index is 11.0. The van der Waals surface area contributed by atoms with Crippen molar-refractivity contribution in [2.24, 2.45) is 0 Å². The predicted octanol–water partition coefficient (Wildman–Crippen LogP) is -2.96. The Balaban J connectivity index is -0.000000270. The van der Waals surface area contributed by atoms with Gasteiger partial charge >= 0.3 is 65.1 Å². The Kier molecular flexibility index (Phi) is 27.8. The molecule has 1 atom stereocenters. The van der Waals surface area contributed by atoms with Crippen LogP contribution in [-0.4, -0.2) is 35.5 Å². The van der Waals surface area contributed by atoms with E-state index in [2.05, 4.69) is 6.92 Å². The smallest absolute Gasteiger partial charge is 1.00 e. The van der Waals surface area contributed by atoms with Crippen LogP contribution in [-0.2, 0) is 9.53 Å². The van der Waals surface area contributed by atoms with Crippen molar-refractivity contribution in [2.45, 2.75) is 77.2 Å². The molecule has 0 radical (unpaired) electrons. The second kappa shape index (κ2) is 21.4. The van der Waals surface area contributed by atoms with Crippen molar-refractivity contribution in [3.05, 3.63) is 0 Å². The maximum absolute atomic E-state index is 11.0. The fourth-order valence-electron chi connectivity index (χ4n) is 1.93. The molecule has 0 aliphatic heterocycles. The van der Waals surface area contributed by atoms with Gasteiger partial charge < -0.3 is 17.8 Å². The first-order valence-electron chi connectivity index (χ1n) is 7.68. The first-order valence-corrected chi connectivity index (χ1v) is 7.68. The predicted molar refractivity (Wildman–Crippen MR) is 78.1 cm³/mol. The fraction of sp³-hybridized carbons (Fsp3) is 0.933. The van der Waals surface area contributed by atoms with Gasteiger partial charge in [-0.15, -0.1) is 0 Å². The standard InChI is InChI=1S/C15H30O4.2Na.2H/c1-2-3-4-5-6-7-8-9-10-11-12-19-15(18)14(17)13-16;;;;/h14,16-17H,2-13H2,1H3;;;;/q;2*+1;2*-1. The van der Waals surface area contributed by atoms with Gasteiger partial charge in [0.25, 0.3) is 0 Å². The van der Waals surface area contributed by atoms with Crippen LogP contribution in [0, 0.1) is 0 Å². The van der Waals surface area contributed by atoms with E-state index in [1.807, 2.05) is 0 Å². The average Bonchev–Trinajstić information content (AvgIpc) is 2.43. The SMILES string of the molecule is CCCCCCCCCCCCOC(=O)C(O)CO.[H-].[H-].[Na+].[Na+]. The molecule has 118 valence electrons. The van der Waals surface area contributed by atoms with E-state index in [9.17, 15) is 4.79 Å². The molecule has 0 fully saturated rings. The summed E-state index contributed by atoms with van der Waals surface area (Å²) < 4.78 is 4.82. The normalized spacial score (nSPS) is 11.2. The van der Waals surface area contributed by atoms with E-state index in [-0.39, 0.29) is 62.0 Å². The zero-order valence-corrected chi connectivity index (χ0v) is 18.3. The van der Waals surface area contributed by atoms with Crippen molar-refractivity contribution in [1.82, 2.24) is 0 Å². The van der Waals surface area contributed by atoms with Gasteiger partial charge in [0, 0.05) is 0 Å². The molecular weight excluding hydrogens is 290 g/mol. The first kappa shape index (κ1) is 27.2. The summed E-state index contributed by atoms with van der Waals surface area (Å²) in [6.07, 6.45) is 10.9. The first-order chi connectivity index (χ1) is 9.22. The third-order valence-electron chi connectivity index (χ3n) is 3.19. The molecule has 0 spiro atoms. The van der Waals surface area contributed by atoms with Crippen LogP contribution in [0.1, 0.15) is 74.0 Å². The monoisotopic (exact) mass is 322 g/mol. The Morgan fingerprint density at radius 1 is 0.952 bits per heavy atom. The van der Waals surface area contributed by atoms with Crippen molar-refractivity contribution in [2.75, 3.05) is 13.2 Å². The number of aliphatic hydroxyl groups is 2. The average molecular weight is 322 g/mol. The summed E-state index contributed by atoms with van der Waals surface area (Å²) >= 11 is 0. The van der Waals surface area contributed by atoms with Gasteiger partial charge in [-0.25, -0.2) is 4.79 Å². The molecule has 0 aliphatic carbocycles. The van der Waals surface area contributed by atoms with Crippen LogP contribution in [0.15, 0.2) is 0 Å². The van der Waals surface area contributed by atoms with E-state index in [0.717, 1.165) is 12.8 Å². The van der Waals surface area contributed by atoms with E-state index in [1.165, 1.54) is 51.4 Å². The number of aliphatic hydroxyl groups excluding tert-OH is 2. The summed E-state index contributed by atoms with van der Waals surface area (Å²) in [4.78, 5) is 11.0. The van der Waals surface area contributed by atoms with Gasteiger partial charge in [0.2, 0.25) is 0 Å². The minimum Gasteiger partial charge on any atom is -1.00 e. The fourth-order valence-corrected chi connectivity index (χ4v) is 1.93. The summed E-state index contributed by atoms with van der Waals surface area (Å²) in [5, 5.41) is 17.5. The maximum Gasteiger partial charge on any atom is 1.00 e. The minimum absolute atomic E-state index is 0. The Bertz CT molecular complexity index is 226. The van der Waals surface area contributed by atoms with Gasteiger partial charge in [-0.2, -0.15) is 0 Å². The van der Waals surface area contributed by atoms with Crippen LogP contribution in [0.3, 0.4) is 0 Å². The molecule has 0 saturated heterocycles. The van der Waals surface area contributed by atoms with E-state index in [4.69, 9.17) is 14.9 Å². The number of carbonyl (C=O) groups excluding carboxylic acids is 1. The van der Waals surface area contributed by atoms with Gasteiger partial charge in [0.15, 0.2) is 6.10 Å². The number of unbranched alkanes of at least 4 members (excludes halogenated alkanes) is 9. The van der Waals surface area contributed by atoms with Crippen molar-refractivity contribution < 1.29 is 81.7 Å². The molecule has 1 unspecified atom stereocenters. The number of esters is 1. The van der Waals surface area contributed by atoms with Crippen molar-refractivity contribution in [3.63, 3.8) is 0 Å². The van der Waals surface area contributed by atoms with Gasteiger partial charge in [0.05, 0.1) is 13.2 Å². The van der Waals surface area contributed by atoms with Crippen molar-refractivity contribution in [3.8, 4) is 0 Å². The minimum atomic E-state index is -1.39. The molecule has 0 aromatic carbocycles. The Morgan fingerprint density at radius 3 is 1.81 bits per heavy atom. The number of carbonyl (C=O) groups is 1. The molecule has 0 bridgehead atoms. The molecule has 0 aromatic rings. The zero-order chi connectivity index (χ0) is 14.3. The molecule has 0 aromatic heterocycles. The Labute approximate surface area is 177 Å². The van der Waals surface area contributed by atoms with Crippen LogP contribution in [0.4, 0.5) is 0 Å². The summed E-state index contributed by atoms with van der Waals surface area (Å²) in [7, 11) is 0. The van der Waals surface area contributed by atoms with E-state index in [1.54, 1.807) is 0 Å². The molecule has 0 heterocycles. The van der Waals surface area contributed by atoms with Crippen LogP contribution in [0.5, 0.6) is 0 Å². The molecule has 0 amide bonds. The second-order valence-corrected chi connectivity index (χ2v) is 5.05. The van der Waals surface area contributed by atoms with Gasteiger partial charge in [0.1, 0.15) is 0 Å². The quantitative estimate of drug-likeness (QED) is 0.216. The Hall–Kier alpha value is 1.39. The molecule has 0 saturated carbocycles. The molecule has 4 nitrogen and oxygen atoms in total. The molecule has 6 heteroatoms. The van der Waals surface area contributed by atoms with Crippen LogP contribution < -0.4 is 59.1 Å². The van der Waals surface area contributed by atoms with E-state index < -0.39 is 18.7 Å². The number of hydrogen-bond donors (Lipinski definition) is 2. The number of ether oxygens (including phenoxy) is 1. The molecule has 0 rings (SSSR count).